The number of thiophene rings is 1. The highest BCUT2D eigenvalue weighted by atomic mass is 32.1. The highest BCUT2D eigenvalue weighted by Gasteiger charge is 2.20. The van der Waals surface area contributed by atoms with Crippen molar-refractivity contribution in [1.82, 2.24) is 9.55 Å². The molecule has 2 rings (SSSR count). The second-order valence-electron chi connectivity index (χ2n) is 4.00. The number of ether oxygens (including phenoxy) is 1. The maximum atomic E-state index is 11.4. The Morgan fingerprint density at radius 1 is 1.56 bits per heavy atom. The van der Waals surface area contributed by atoms with Crippen LogP contribution in [0.4, 0.5) is 5.82 Å². The number of anilines is 1. The Balaban J connectivity index is 2.34. The molecule has 0 spiro atoms. The number of nitrogen functional groups attached to an aromatic ring is 1. The van der Waals surface area contributed by atoms with Crippen molar-refractivity contribution >= 4 is 23.1 Å². The Bertz CT molecular complexity index is 574. The Morgan fingerprint density at radius 3 is 2.83 bits per heavy atom. The fourth-order valence-electron chi connectivity index (χ4n) is 1.75. The maximum absolute atomic E-state index is 11.4. The summed E-state index contributed by atoms with van der Waals surface area (Å²) in [6.07, 6.45) is 1.57. The van der Waals surface area contributed by atoms with Crippen LogP contribution in [0.25, 0.3) is 0 Å². The molecular formula is C12H15N3O2S. The van der Waals surface area contributed by atoms with Gasteiger partial charge in [-0.3, -0.25) is 0 Å². The van der Waals surface area contributed by atoms with Gasteiger partial charge in [-0.1, -0.05) is 0 Å². The standard InChI is InChI=1S/C12H15N3O2S/c1-7-4-5-9(18-7)8(2)15-6-14-10(11(15)13)12(16)17-3/h4-6,8H,13H2,1-3H3. The molecule has 2 aromatic rings. The molecule has 0 saturated heterocycles. The van der Waals surface area contributed by atoms with Crippen LogP contribution in [0, 0.1) is 6.92 Å². The Kier molecular flexibility index (Phi) is 3.38. The summed E-state index contributed by atoms with van der Waals surface area (Å²) in [7, 11) is 1.31. The van der Waals surface area contributed by atoms with Crippen LogP contribution in [-0.2, 0) is 4.74 Å². The van der Waals surface area contributed by atoms with Crippen molar-refractivity contribution in [2.24, 2.45) is 0 Å². The SMILES string of the molecule is COC(=O)c1ncn(C(C)c2ccc(C)s2)c1N. The molecule has 6 heteroatoms. The lowest BCUT2D eigenvalue weighted by Gasteiger charge is -2.13. The predicted molar refractivity (Wildman–Crippen MR) is 70.8 cm³/mol. The highest BCUT2D eigenvalue weighted by Crippen LogP contribution is 2.28. The van der Waals surface area contributed by atoms with E-state index in [2.05, 4.69) is 28.8 Å². The number of nitrogens with two attached hydrogens (primary N) is 1. The molecule has 96 valence electrons. The Morgan fingerprint density at radius 2 is 2.28 bits per heavy atom. The van der Waals surface area contributed by atoms with E-state index in [0.717, 1.165) is 0 Å². The molecule has 2 N–H and O–H groups in total. The molecule has 0 amide bonds. The first-order chi connectivity index (χ1) is 8.54. The molecule has 0 aliphatic heterocycles. The van der Waals surface area contributed by atoms with E-state index in [1.807, 2.05) is 6.92 Å². The van der Waals surface area contributed by atoms with Crippen LogP contribution in [0.3, 0.4) is 0 Å². The predicted octanol–water partition coefficient (Wildman–Crippen LogP) is 2.23. The van der Waals surface area contributed by atoms with Gasteiger partial charge in [0.1, 0.15) is 5.82 Å². The Labute approximate surface area is 109 Å². The zero-order valence-corrected chi connectivity index (χ0v) is 11.3. The number of aryl methyl sites for hydroxylation is 1. The second kappa shape index (κ2) is 4.81. The van der Waals surface area contributed by atoms with Gasteiger partial charge in [0.2, 0.25) is 0 Å². The largest absolute Gasteiger partial charge is 0.464 e. The fraction of sp³-hybridized carbons (Fsp3) is 0.333. The summed E-state index contributed by atoms with van der Waals surface area (Å²) < 4.78 is 6.40. The van der Waals surface area contributed by atoms with Crippen LogP contribution in [0.2, 0.25) is 0 Å². The van der Waals surface area contributed by atoms with Crippen LogP contribution < -0.4 is 5.73 Å². The molecule has 0 bridgehead atoms. The van der Waals surface area contributed by atoms with Crippen molar-refractivity contribution in [3.05, 3.63) is 33.9 Å². The van der Waals surface area contributed by atoms with E-state index >= 15 is 0 Å². The second-order valence-corrected chi connectivity index (χ2v) is 5.32. The first-order valence-electron chi connectivity index (χ1n) is 5.51. The van der Waals surface area contributed by atoms with Gasteiger partial charge in [0, 0.05) is 9.75 Å². The van der Waals surface area contributed by atoms with E-state index < -0.39 is 5.97 Å². The third-order valence-corrected chi connectivity index (χ3v) is 3.97. The summed E-state index contributed by atoms with van der Waals surface area (Å²) >= 11 is 1.70. The third kappa shape index (κ3) is 2.11. The number of hydrogen-bond donors (Lipinski definition) is 1. The van der Waals surface area contributed by atoms with Crippen LogP contribution in [0.5, 0.6) is 0 Å². The molecular weight excluding hydrogens is 250 g/mol. The van der Waals surface area contributed by atoms with E-state index in [1.165, 1.54) is 16.9 Å². The summed E-state index contributed by atoms with van der Waals surface area (Å²) in [5.41, 5.74) is 6.09. The number of hydrogen-bond acceptors (Lipinski definition) is 5. The number of imidazole rings is 1. The quantitative estimate of drug-likeness (QED) is 0.864. The zero-order chi connectivity index (χ0) is 13.3. The average Bonchev–Trinajstić information content (AvgIpc) is 2.94. The van der Waals surface area contributed by atoms with E-state index in [-0.39, 0.29) is 11.7 Å². The molecule has 0 aliphatic rings. The molecule has 18 heavy (non-hydrogen) atoms. The average molecular weight is 265 g/mol. The van der Waals surface area contributed by atoms with Crippen molar-refractivity contribution in [3.8, 4) is 0 Å². The van der Waals surface area contributed by atoms with E-state index in [1.54, 1.807) is 22.2 Å². The van der Waals surface area contributed by atoms with Gasteiger partial charge in [-0.25, -0.2) is 9.78 Å². The number of methoxy groups -OCH3 is 1. The summed E-state index contributed by atoms with van der Waals surface area (Å²) in [6.45, 7) is 4.07. The Hall–Kier alpha value is -1.82. The van der Waals surface area contributed by atoms with Crippen LogP contribution >= 0.6 is 11.3 Å². The maximum Gasteiger partial charge on any atom is 0.360 e. The molecule has 0 fully saturated rings. The van der Waals surface area contributed by atoms with E-state index in [4.69, 9.17) is 5.73 Å². The molecule has 5 nitrogen and oxygen atoms in total. The van der Waals surface area contributed by atoms with Gasteiger partial charge in [0.15, 0.2) is 5.69 Å². The first kappa shape index (κ1) is 12.6. The lowest BCUT2D eigenvalue weighted by molar-refractivity contribution is 0.0596. The third-order valence-electron chi connectivity index (χ3n) is 2.80. The summed E-state index contributed by atoms with van der Waals surface area (Å²) in [5.74, 6) is -0.179. The van der Waals surface area contributed by atoms with Crippen LogP contribution in [0.1, 0.15) is 33.2 Å². The van der Waals surface area contributed by atoms with Crippen molar-refractivity contribution in [3.63, 3.8) is 0 Å². The van der Waals surface area contributed by atoms with Gasteiger partial charge in [-0.05, 0) is 26.0 Å². The molecule has 0 radical (unpaired) electrons. The van der Waals surface area contributed by atoms with Crippen molar-refractivity contribution in [2.75, 3.05) is 12.8 Å². The van der Waals surface area contributed by atoms with Gasteiger partial charge in [0.25, 0.3) is 0 Å². The van der Waals surface area contributed by atoms with Gasteiger partial charge in [-0.15, -0.1) is 11.3 Å². The molecule has 0 aromatic carbocycles. The van der Waals surface area contributed by atoms with Crippen LogP contribution in [-0.4, -0.2) is 22.6 Å². The highest BCUT2D eigenvalue weighted by molar-refractivity contribution is 7.12. The summed E-state index contributed by atoms with van der Waals surface area (Å²) in [6, 6.07) is 4.17. The minimum atomic E-state index is -0.513. The van der Waals surface area contributed by atoms with Gasteiger partial charge >= 0.3 is 5.97 Å². The number of nitrogens with zero attached hydrogens (tertiary/aromatic N) is 2. The summed E-state index contributed by atoms with van der Waals surface area (Å²) in [5, 5.41) is 0. The monoisotopic (exact) mass is 265 g/mol. The number of carbonyl (C=O) groups is 1. The lowest BCUT2D eigenvalue weighted by atomic mass is 10.2. The number of carbonyl (C=O) groups excluding carboxylic acids is 1. The smallest absolute Gasteiger partial charge is 0.360 e. The van der Waals surface area contributed by atoms with Gasteiger partial charge in [0.05, 0.1) is 19.5 Å². The topological polar surface area (TPSA) is 70.1 Å². The molecule has 2 heterocycles. The van der Waals surface area contributed by atoms with Crippen LogP contribution in [0.15, 0.2) is 18.5 Å². The molecule has 1 unspecified atom stereocenters. The minimum Gasteiger partial charge on any atom is -0.464 e. The fourth-order valence-corrected chi connectivity index (χ4v) is 2.68. The van der Waals surface area contributed by atoms with E-state index in [0.29, 0.717) is 5.82 Å². The van der Waals surface area contributed by atoms with Crippen molar-refractivity contribution < 1.29 is 9.53 Å². The first-order valence-corrected chi connectivity index (χ1v) is 6.33. The minimum absolute atomic E-state index is 0.0506. The zero-order valence-electron chi connectivity index (χ0n) is 10.5. The van der Waals surface area contributed by atoms with E-state index in [9.17, 15) is 4.79 Å². The lowest BCUT2D eigenvalue weighted by Crippen LogP contribution is -2.11. The molecule has 0 saturated carbocycles. The molecule has 1 atom stereocenters. The number of esters is 1. The number of rotatable bonds is 3. The number of aromatic nitrogens is 2. The van der Waals surface area contributed by atoms with Crippen molar-refractivity contribution in [2.45, 2.75) is 19.9 Å². The molecule has 2 aromatic heterocycles. The normalized spacial score (nSPS) is 12.4. The van der Waals surface area contributed by atoms with Gasteiger partial charge < -0.3 is 15.0 Å². The van der Waals surface area contributed by atoms with Crippen molar-refractivity contribution in [1.29, 1.82) is 0 Å². The molecule has 0 aliphatic carbocycles. The summed E-state index contributed by atoms with van der Waals surface area (Å²) in [4.78, 5) is 17.9. The van der Waals surface area contributed by atoms with Gasteiger partial charge in [-0.2, -0.15) is 0 Å².